The zero-order valence-electron chi connectivity index (χ0n) is 12.5. The Morgan fingerprint density at radius 1 is 1.30 bits per heavy atom. The molecule has 0 aliphatic heterocycles. The fraction of sp³-hybridized carbons (Fsp3) is 0.562. The van der Waals surface area contributed by atoms with Crippen LogP contribution >= 0.6 is 0 Å². The first-order valence-corrected chi connectivity index (χ1v) is 7.39. The maximum atomic E-state index is 5.62. The lowest BCUT2D eigenvalue weighted by Gasteiger charge is -2.11. The number of nitrogens with zero attached hydrogens (tertiary/aromatic N) is 2. The van der Waals surface area contributed by atoms with Gasteiger partial charge in [-0.25, -0.2) is 4.98 Å². The second-order valence-electron chi connectivity index (χ2n) is 5.38. The van der Waals surface area contributed by atoms with E-state index >= 15 is 0 Å². The highest BCUT2D eigenvalue weighted by Gasteiger charge is 2.11. The van der Waals surface area contributed by atoms with Gasteiger partial charge in [-0.05, 0) is 37.4 Å². The number of rotatable bonds is 8. The molecule has 0 amide bonds. The van der Waals surface area contributed by atoms with E-state index in [1.807, 2.05) is 6.07 Å². The van der Waals surface area contributed by atoms with Crippen LogP contribution in [0, 0.1) is 5.92 Å². The molecule has 2 aromatic rings. The van der Waals surface area contributed by atoms with Gasteiger partial charge in [-0.1, -0.05) is 19.1 Å². The summed E-state index contributed by atoms with van der Waals surface area (Å²) < 4.78 is 7.50. The van der Waals surface area contributed by atoms with Gasteiger partial charge in [-0.2, -0.15) is 0 Å². The molecule has 1 atom stereocenters. The molecular formula is C16H25N3O. The number of para-hydroxylation sites is 2. The summed E-state index contributed by atoms with van der Waals surface area (Å²) in [6.45, 7) is 4.60. The summed E-state index contributed by atoms with van der Waals surface area (Å²) in [5.74, 6) is 1.81. The molecular weight excluding hydrogens is 250 g/mol. The molecule has 2 N–H and O–H groups in total. The van der Waals surface area contributed by atoms with Crippen LogP contribution < -0.4 is 5.73 Å². The molecule has 0 radical (unpaired) electrons. The Labute approximate surface area is 120 Å². The van der Waals surface area contributed by atoms with Crippen LogP contribution in [0.15, 0.2) is 24.3 Å². The van der Waals surface area contributed by atoms with Gasteiger partial charge in [0.05, 0.1) is 17.6 Å². The first kappa shape index (κ1) is 15.0. The summed E-state index contributed by atoms with van der Waals surface area (Å²) in [6.07, 6.45) is 3.21. The van der Waals surface area contributed by atoms with Crippen molar-refractivity contribution in [2.24, 2.45) is 11.7 Å². The Morgan fingerprint density at radius 2 is 2.10 bits per heavy atom. The smallest absolute Gasteiger partial charge is 0.109 e. The summed E-state index contributed by atoms with van der Waals surface area (Å²) >= 11 is 0. The fourth-order valence-corrected chi connectivity index (χ4v) is 2.55. The molecule has 0 saturated carbocycles. The zero-order chi connectivity index (χ0) is 14.4. The number of nitrogens with two attached hydrogens (primary N) is 1. The van der Waals surface area contributed by atoms with Crippen LogP contribution in [0.4, 0.5) is 0 Å². The third kappa shape index (κ3) is 3.58. The summed E-state index contributed by atoms with van der Waals surface area (Å²) in [7, 11) is 1.74. The van der Waals surface area contributed by atoms with E-state index in [4.69, 9.17) is 15.5 Å². The van der Waals surface area contributed by atoms with Crippen LogP contribution in [0.1, 0.15) is 25.6 Å². The molecule has 1 heterocycles. The predicted molar refractivity (Wildman–Crippen MR) is 82.8 cm³/mol. The van der Waals surface area contributed by atoms with Crippen molar-refractivity contribution in [1.29, 1.82) is 0 Å². The molecule has 1 unspecified atom stereocenters. The van der Waals surface area contributed by atoms with Gasteiger partial charge in [0.2, 0.25) is 0 Å². The van der Waals surface area contributed by atoms with Crippen molar-refractivity contribution in [3.8, 4) is 0 Å². The van der Waals surface area contributed by atoms with Crippen molar-refractivity contribution >= 4 is 11.0 Å². The predicted octanol–water partition coefficient (Wildman–Crippen LogP) is 2.60. The van der Waals surface area contributed by atoms with E-state index in [0.29, 0.717) is 12.5 Å². The van der Waals surface area contributed by atoms with E-state index in [1.54, 1.807) is 7.11 Å². The molecule has 0 spiro atoms. The van der Waals surface area contributed by atoms with Crippen LogP contribution in [0.25, 0.3) is 11.0 Å². The SMILES string of the molecule is COCCn1c(CCC(C)CCN)nc2ccccc21. The molecule has 4 heteroatoms. The molecule has 0 fully saturated rings. The van der Waals surface area contributed by atoms with Gasteiger partial charge in [0.15, 0.2) is 0 Å². The number of imidazole rings is 1. The molecule has 0 aliphatic carbocycles. The highest BCUT2D eigenvalue weighted by Crippen LogP contribution is 2.19. The summed E-state index contributed by atoms with van der Waals surface area (Å²) in [5.41, 5.74) is 7.89. The van der Waals surface area contributed by atoms with Crippen molar-refractivity contribution in [1.82, 2.24) is 9.55 Å². The van der Waals surface area contributed by atoms with E-state index in [0.717, 1.165) is 43.7 Å². The average molecular weight is 275 g/mol. The summed E-state index contributed by atoms with van der Waals surface area (Å²) in [4.78, 5) is 4.77. The number of fused-ring (bicyclic) bond motifs is 1. The zero-order valence-corrected chi connectivity index (χ0v) is 12.5. The van der Waals surface area contributed by atoms with Gasteiger partial charge in [0, 0.05) is 20.1 Å². The minimum absolute atomic E-state index is 0.649. The van der Waals surface area contributed by atoms with Crippen molar-refractivity contribution in [2.75, 3.05) is 20.3 Å². The van der Waals surface area contributed by atoms with E-state index in [1.165, 1.54) is 5.52 Å². The van der Waals surface area contributed by atoms with Crippen molar-refractivity contribution < 1.29 is 4.74 Å². The van der Waals surface area contributed by atoms with Gasteiger partial charge < -0.3 is 15.0 Å². The van der Waals surface area contributed by atoms with E-state index in [9.17, 15) is 0 Å². The Bertz CT molecular complexity index is 536. The largest absolute Gasteiger partial charge is 0.383 e. The van der Waals surface area contributed by atoms with Crippen molar-refractivity contribution in [2.45, 2.75) is 32.7 Å². The molecule has 2 rings (SSSR count). The molecule has 0 bridgehead atoms. The molecule has 0 aliphatic rings. The molecule has 1 aromatic heterocycles. The van der Waals surface area contributed by atoms with E-state index in [-0.39, 0.29) is 0 Å². The monoisotopic (exact) mass is 275 g/mol. The van der Waals surface area contributed by atoms with Crippen LogP contribution in [0.3, 0.4) is 0 Å². The normalized spacial score (nSPS) is 12.9. The lowest BCUT2D eigenvalue weighted by atomic mass is 10.0. The molecule has 1 aromatic carbocycles. The van der Waals surface area contributed by atoms with E-state index in [2.05, 4.69) is 29.7 Å². The minimum atomic E-state index is 0.649. The van der Waals surface area contributed by atoms with Gasteiger partial charge >= 0.3 is 0 Å². The number of ether oxygens (including phenoxy) is 1. The highest BCUT2D eigenvalue weighted by molar-refractivity contribution is 5.75. The first-order chi connectivity index (χ1) is 9.76. The van der Waals surface area contributed by atoms with Gasteiger partial charge in [-0.15, -0.1) is 0 Å². The number of hydrogen-bond acceptors (Lipinski definition) is 3. The highest BCUT2D eigenvalue weighted by atomic mass is 16.5. The van der Waals surface area contributed by atoms with Gasteiger partial charge in [0.1, 0.15) is 5.82 Å². The molecule has 0 saturated heterocycles. The Hall–Kier alpha value is -1.39. The third-order valence-corrected chi connectivity index (χ3v) is 3.77. The Morgan fingerprint density at radius 3 is 2.85 bits per heavy atom. The van der Waals surface area contributed by atoms with Gasteiger partial charge in [-0.3, -0.25) is 0 Å². The number of benzene rings is 1. The standard InChI is InChI=1S/C16H25N3O/c1-13(9-10-17)7-8-16-18-14-5-3-4-6-15(14)19(16)11-12-20-2/h3-6,13H,7-12,17H2,1-2H3. The summed E-state index contributed by atoms with van der Waals surface area (Å²) in [5, 5.41) is 0. The number of aryl methyl sites for hydroxylation is 1. The van der Waals surface area contributed by atoms with Gasteiger partial charge in [0.25, 0.3) is 0 Å². The topological polar surface area (TPSA) is 53.1 Å². The van der Waals surface area contributed by atoms with Crippen LogP contribution in [0.2, 0.25) is 0 Å². The second kappa shape index (κ2) is 7.41. The molecule has 110 valence electrons. The number of aromatic nitrogens is 2. The van der Waals surface area contributed by atoms with Crippen molar-refractivity contribution in [3.05, 3.63) is 30.1 Å². The first-order valence-electron chi connectivity index (χ1n) is 7.39. The molecule has 20 heavy (non-hydrogen) atoms. The van der Waals surface area contributed by atoms with Crippen LogP contribution in [-0.2, 0) is 17.7 Å². The summed E-state index contributed by atoms with van der Waals surface area (Å²) in [6, 6.07) is 8.31. The third-order valence-electron chi connectivity index (χ3n) is 3.77. The average Bonchev–Trinajstić information content (AvgIpc) is 2.81. The van der Waals surface area contributed by atoms with Crippen LogP contribution in [-0.4, -0.2) is 29.8 Å². The lowest BCUT2D eigenvalue weighted by molar-refractivity contribution is 0.187. The number of hydrogen-bond donors (Lipinski definition) is 1. The molecule has 4 nitrogen and oxygen atoms in total. The number of methoxy groups -OCH3 is 1. The second-order valence-corrected chi connectivity index (χ2v) is 5.38. The van der Waals surface area contributed by atoms with Crippen molar-refractivity contribution in [3.63, 3.8) is 0 Å². The fourth-order valence-electron chi connectivity index (χ4n) is 2.55. The maximum absolute atomic E-state index is 5.62. The quantitative estimate of drug-likeness (QED) is 0.805. The Kier molecular flexibility index (Phi) is 5.56. The van der Waals surface area contributed by atoms with Crippen LogP contribution in [0.5, 0.6) is 0 Å². The lowest BCUT2D eigenvalue weighted by Crippen LogP contribution is -2.11. The minimum Gasteiger partial charge on any atom is -0.383 e. The van der Waals surface area contributed by atoms with E-state index < -0.39 is 0 Å². The maximum Gasteiger partial charge on any atom is 0.109 e. The Balaban J connectivity index is 2.17.